The zero-order valence-corrected chi connectivity index (χ0v) is 14.4. The molecule has 1 aliphatic rings. The summed E-state index contributed by atoms with van der Waals surface area (Å²) in [6.07, 6.45) is -0.740. The number of ether oxygens (including phenoxy) is 5. The molecule has 7 nitrogen and oxygen atoms in total. The minimum absolute atomic E-state index is 0.169. The van der Waals surface area contributed by atoms with Crippen LogP contribution >= 0.6 is 0 Å². The van der Waals surface area contributed by atoms with Gasteiger partial charge in [0, 0.05) is 12.0 Å². The van der Waals surface area contributed by atoms with Crippen molar-refractivity contribution in [2.75, 3.05) is 20.8 Å². The molecule has 2 aromatic rings. The Kier molecular flexibility index (Phi) is 5.26. The first kappa shape index (κ1) is 17.6. The molecule has 0 radical (unpaired) electrons. The molecule has 1 unspecified atom stereocenters. The van der Waals surface area contributed by atoms with Crippen LogP contribution in [0.15, 0.2) is 42.5 Å². The van der Waals surface area contributed by atoms with Gasteiger partial charge in [-0.1, -0.05) is 18.2 Å². The molecule has 0 N–H and O–H groups in total. The standard InChI is InChI=1S/C19H18O7/c1-22-18(20)25-15-6-3-12(4-7-15)14-9-13-5-8-16(26-19(21)23-2)10-17(13)24-11-14/h3-8,10,14H,9,11H2,1-2H3. The lowest BCUT2D eigenvalue weighted by Gasteiger charge is -2.26. The van der Waals surface area contributed by atoms with Crippen molar-refractivity contribution in [2.24, 2.45) is 0 Å². The van der Waals surface area contributed by atoms with Crippen LogP contribution in [0.3, 0.4) is 0 Å². The van der Waals surface area contributed by atoms with Gasteiger partial charge in [-0.2, -0.15) is 0 Å². The van der Waals surface area contributed by atoms with Crippen molar-refractivity contribution in [3.05, 3.63) is 53.6 Å². The lowest BCUT2D eigenvalue weighted by atomic mass is 9.90. The number of hydrogen-bond acceptors (Lipinski definition) is 7. The fourth-order valence-electron chi connectivity index (χ4n) is 2.71. The molecule has 0 amide bonds. The number of rotatable bonds is 3. The van der Waals surface area contributed by atoms with E-state index in [2.05, 4.69) is 9.47 Å². The number of carbonyl (C=O) groups is 2. The third kappa shape index (κ3) is 4.05. The first-order chi connectivity index (χ1) is 12.6. The average Bonchev–Trinajstić information content (AvgIpc) is 2.68. The maximum atomic E-state index is 11.2. The van der Waals surface area contributed by atoms with Crippen molar-refractivity contribution in [3.63, 3.8) is 0 Å². The second kappa shape index (κ2) is 7.77. The molecule has 136 valence electrons. The van der Waals surface area contributed by atoms with Crippen LogP contribution < -0.4 is 14.2 Å². The van der Waals surface area contributed by atoms with E-state index in [1.165, 1.54) is 14.2 Å². The van der Waals surface area contributed by atoms with E-state index in [1.54, 1.807) is 24.3 Å². The van der Waals surface area contributed by atoms with Gasteiger partial charge in [0.1, 0.15) is 17.2 Å². The fraction of sp³-hybridized carbons (Fsp3) is 0.263. The van der Waals surface area contributed by atoms with Crippen molar-refractivity contribution in [3.8, 4) is 17.2 Å². The van der Waals surface area contributed by atoms with Gasteiger partial charge in [0.05, 0.1) is 20.8 Å². The van der Waals surface area contributed by atoms with Crippen LogP contribution in [0.25, 0.3) is 0 Å². The highest BCUT2D eigenvalue weighted by Crippen LogP contribution is 2.35. The quantitative estimate of drug-likeness (QED) is 0.611. The molecule has 26 heavy (non-hydrogen) atoms. The lowest BCUT2D eigenvalue weighted by molar-refractivity contribution is 0.120. The molecule has 0 aliphatic carbocycles. The number of hydrogen-bond donors (Lipinski definition) is 0. The number of methoxy groups -OCH3 is 2. The Morgan fingerprint density at radius 2 is 1.54 bits per heavy atom. The summed E-state index contributed by atoms with van der Waals surface area (Å²) in [5.74, 6) is 1.65. The molecule has 1 heterocycles. The molecule has 1 aliphatic heterocycles. The van der Waals surface area contributed by atoms with Crippen LogP contribution in [0.2, 0.25) is 0 Å². The van der Waals surface area contributed by atoms with Gasteiger partial charge in [-0.3, -0.25) is 0 Å². The Balaban J connectivity index is 1.68. The molecule has 0 spiro atoms. The molecular weight excluding hydrogens is 340 g/mol. The Morgan fingerprint density at radius 3 is 2.19 bits per heavy atom. The molecule has 0 aromatic heterocycles. The molecule has 3 rings (SSSR count). The highest BCUT2D eigenvalue weighted by atomic mass is 16.7. The summed E-state index contributed by atoms with van der Waals surface area (Å²) in [6, 6.07) is 12.5. The van der Waals surface area contributed by atoms with Crippen LogP contribution in [0.4, 0.5) is 9.59 Å². The van der Waals surface area contributed by atoms with Crippen LogP contribution in [-0.2, 0) is 15.9 Å². The monoisotopic (exact) mass is 358 g/mol. The van der Waals surface area contributed by atoms with Crippen LogP contribution in [-0.4, -0.2) is 33.1 Å². The van der Waals surface area contributed by atoms with Crippen LogP contribution in [0.1, 0.15) is 17.0 Å². The molecule has 0 saturated heterocycles. The zero-order chi connectivity index (χ0) is 18.5. The van der Waals surface area contributed by atoms with E-state index in [0.717, 1.165) is 17.5 Å². The summed E-state index contributed by atoms with van der Waals surface area (Å²) >= 11 is 0. The maximum Gasteiger partial charge on any atom is 0.513 e. The van der Waals surface area contributed by atoms with Gasteiger partial charge < -0.3 is 23.7 Å². The molecule has 2 aromatic carbocycles. The molecular formula is C19H18O7. The zero-order valence-electron chi connectivity index (χ0n) is 14.4. The van der Waals surface area contributed by atoms with Crippen molar-refractivity contribution in [2.45, 2.75) is 12.3 Å². The number of carbonyl (C=O) groups excluding carboxylic acids is 2. The highest BCUT2D eigenvalue weighted by Gasteiger charge is 2.22. The van der Waals surface area contributed by atoms with Crippen molar-refractivity contribution in [1.82, 2.24) is 0 Å². The number of fused-ring (bicyclic) bond motifs is 1. The van der Waals surface area contributed by atoms with Gasteiger partial charge in [0.25, 0.3) is 0 Å². The van der Waals surface area contributed by atoms with Gasteiger partial charge in [0.2, 0.25) is 0 Å². The minimum atomic E-state index is -0.770. The third-order valence-electron chi connectivity index (χ3n) is 4.03. The lowest BCUT2D eigenvalue weighted by Crippen LogP contribution is -2.19. The summed E-state index contributed by atoms with van der Waals surface area (Å²) in [5.41, 5.74) is 2.09. The molecule has 7 heteroatoms. The van der Waals surface area contributed by atoms with E-state index in [-0.39, 0.29) is 5.92 Å². The van der Waals surface area contributed by atoms with Crippen LogP contribution in [0.5, 0.6) is 17.2 Å². The van der Waals surface area contributed by atoms with Crippen molar-refractivity contribution < 1.29 is 33.3 Å². The van der Waals surface area contributed by atoms with Gasteiger partial charge >= 0.3 is 12.3 Å². The summed E-state index contributed by atoms with van der Waals surface area (Å²) in [4.78, 5) is 22.3. The SMILES string of the molecule is COC(=O)Oc1ccc(C2COc3cc(OC(=O)OC)ccc3C2)cc1. The molecule has 0 bridgehead atoms. The van der Waals surface area contributed by atoms with Gasteiger partial charge in [-0.15, -0.1) is 0 Å². The summed E-state index contributed by atoms with van der Waals surface area (Å²) in [6.45, 7) is 0.492. The first-order valence-electron chi connectivity index (χ1n) is 7.96. The third-order valence-corrected chi connectivity index (χ3v) is 4.03. The molecule has 0 saturated carbocycles. The Bertz CT molecular complexity index is 798. The maximum absolute atomic E-state index is 11.2. The van der Waals surface area contributed by atoms with Crippen LogP contribution in [0, 0.1) is 0 Å². The highest BCUT2D eigenvalue weighted by molar-refractivity contribution is 5.64. The van der Waals surface area contributed by atoms with E-state index < -0.39 is 12.3 Å². The predicted octanol–water partition coefficient (Wildman–Crippen LogP) is 3.70. The molecule has 0 fully saturated rings. The van der Waals surface area contributed by atoms with E-state index in [0.29, 0.717) is 23.9 Å². The second-order valence-electron chi connectivity index (χ2n) is 5.66. The minimum Gasteiger partial charge on any atom is -0.493 e. The van der Waals surface area contributed by atoms with E-state index in [4.69, 9.17) is 14.2 Å². The predicted molar refractivity (Wildman–Crippen MR) is 90.9 cm³/mol. The summed E-state index contributed by atoms with van der Waals surface area (Å²) < 4.78 is 24.7. The van der Waals surface area contributed by atoms with Gasteiger partial charge in [-0.05, 0) is 35.7 Å². The Labute approximate surface area is 150 Å². The average molecular weight is 358 g/mol. The van der Waals surface area contributed by atoms with Gasteiger partial charge in [-0.25, -0.2) is 9.59 Å². The Hall–Kier alpha value is -3.22. The topological polar surface area (TPSA) is 80.3 Å². The fourth-order valence-corrected chi connectivity index (χ4v) is 2.71. The Morgan fingerprint density at radius 1 is 0.923 bits per heavy atom. The van der Waals surface area contributed by atoms with E-state index in [1.807, 2.05) is 18.2 Å². The van der Waals surface area contributed by atoms with Crippen molar-refractivity contribution >= 4 is 12.3 Å². The largest absolute Gasteiger partial charge is 0.513 e. The van der Waals surface area contributed by atoms with E-state index in [9.17, 15) is 9.59 Å². The summed E-state index contributed by atoms with van der Waals surface area (Å²) in [5, 5.41) is 0. The number of benzene rings is 2. The van der Waals surface area contributed by atoms with E-state index >= 15 is 0 Å². The molecule has 1 atom stereocenters. The normalized spacial score (nSPS) is 15.2. The van der Waals surface area contributed by atoms with Crippen molar-refractivity contribution in [1.29, 1.82) is 0 Å². The first-order valence-corrected chi connectivity index (χ1v) is 7.96. The second-order valence-corrected chi connectivity index (χ2v) is 5.66. The van der Waals surface area contributed by atoms with Gasteiger partial charge in [0.15, 0.2) is 0 Å². The smallest absolute Gasteiger partial charge is 0.493 e. The summed E-state index contributed by atoms with van der Waals surface area (Å²) in [7, 11) is 2.51.